The zero-order chi connectivity index (χ0) is 19.3. The molecule has 0 unspecified atom stereocenters. The van der Waals surface area contributed by atoms with Crippen LogP contribution in [-0.2, 0) is 17.8 Å². The van der Waals surface area contributed by atoms with Crippen LogP contribution in [-0.4, -0.2) is 15.5 Å². The monoisotopic (exact) mass is 373 g/mol. The number of imidazole rings is 1. The Labute approximate surface area is 162 Å². The number of aryl methyl sites for hydroxylation is 1. The fourth-order valence-corrected chi connectivity index (χ4v) is 3.21. The second-order valence-electron chi connectivity index (χ2n) is 6.74. The number of rotatable bonds is 6. The van der Waals surface area contributed by atoms with Gasteiger partial charge in [-0.2, -0.15) is 0 Å². The normalized spacial score (nSPS) is 10.9. The van der Waals surface area contributed by atoms with E-state index < -0.39 is 0 Å². The van der Waals surface area contributed by atoms with Gasteiger partial charge in [-0.1, -0.05) is 36.4 Å². The number of nitrogens with zero attached hydrogens (tertiary/aromatic N) is 2. The van der Waals surface area contributed by atoms with Gasteiger partial charge in [0, 0.05) is 18.7 Å². The van der Waals surface area contributed by atoms with Crippen LogP contribution in [0.3, 0.4) is 0 Å². The lowest BCUT2D eigenvalue weighted by Crippen LogP contribution is -2.12. The lowest BCUT2D eigenvalue weighted by Gasteiger charge is -2.09. The van der Waals surface area contributed by atoms with E-state index in [1.165, 1.54) is 12.1 Å². The van der Waals surface area contributed by atoms with Crippen LogP contribution >= 0.6 is 0 Å². The Bertz CT molecular complexity index is 1100. The number of fused-ring (bicyclic) bond motifs is 1. The lowest BCUT2D eigenvalue weighted by molar-refractivity contribution is -0.116. The van der Waals surface area contributed by atoms with E-state index in [0.717, 1.165) is 27.8 Å². The highest BCUT2D eigenvalue weighted by molar-refractivity contribution is 5.90. The van der Waals surface area contributed by atoms with Gasteiger partial charge >= 0.3 is 0 Å². The van der Waals surface area contributed by atoms with Gasteiger partial charge in [0.15, 0.2) is 0 Å². The smallest absolute Gasteiger partial charge is 0.224 e. The van der Waals surface area contributed by atoms with Crippen molar-refractivity contribution in [1.29, 1.82) is 0 Å². The zero-order valence-electron chi connectivity index (χ0n) is 15.3. The molecule has 0 bridgehead atoms. The van der Waals surface area contributed by atoms with Gasteiger partial charge in [-0.05, 0) is 53.9 Å². The minimum Gasteiger partial charge on any atom is -0.326 e. The third kappa shape index (κ3) is 4.26. The highest BCUT2D eigenvalue weighted by Gasteiger charge is 2.06. The van der Waals surface area contributed by atoms with Crippen LogP contribution in [0.5, 0.6) is 0 Å². The summed E-state index contributed by atoms with van der Waals surface area (Å²) in [6, 6.07) is 22.1. The molecule has 3 aromatic carbocycles. The summed E-state index contributed by atoms with van der Waals surface area (Å²) >= 11 is 0. The number of nitrogens with one attached hydrogen (secondary N) is 1. The van der Waals surface area contributed by atoms with Crippen molar-refractivity contribution in [2.75, 3.05) is 5.32 Å². The SMILES string of the molecule is O=C(CCc1ccc(F)cc1)Nc1cccc(Cn2cnc3ccccc32)c1. The topological polar surface area (TPSA) is 46.9 Å². The van der Waals surface area contributed by atoms with E-state index in [1.807, 2.05) is 54.9 Å². The molecular formula is C23H20FN3O. The maximum Gasteiger partial charge on any atom is 0.224 e. The average molecular weight is 373 g/mol. The fraction of sp³-hybridized carbons (Fsp3) is 0.130. The maximum atomic E-state index is 12.9. The first-order chi connectivity index (χ1) is 13.7. The molecule has 1 heterocycles. The molecule has 1 N–H and O–H groups in total. The van der Waals surface area contributed by atoms with E-state index in [9.17, 15) is 9.18 Å². The summed E-state index contributed by atoms with van der Waals surface area (Å²) in [7, 11) is 0. The molecule has 140 valence electrons. The Balaban J connectivity index is 1.39. The second kappa shape index (κ2) is 8.05. The van der Waals surface area contributed by atoms with Crippen molar-refractivity contribution in [3.8, 4) is 0 Å². The molecule has 0 fully saturated rings. The summed E-state index contributed by atoms with van der Waals surface area (Å²) in [5.41, 5.74) is 4.84. The number of amides is 1. The second-order valence-corrected chi connectivity index (χ2v) is 6.74. The van der Waals surface area contributed by atoms with Crippen molar-refractivity contribution in [2.45, 2.75) is 19.4 Å². The summed E-state index contributed by atoms with van der Waals surface area (Å²) in [6.07, 6.45) is 2.76. The van der Waals surface area contributed by atoms with Gasteiger partial charge in [-0.3, -0.25) is 4.79 Å². The van der Waals surface area contributed by atoms with Crippen LogP contribution < -0.4 is 5.32 Å². The molecule has 1 amide bonds. The van der Waals surface area contributed by atoms with Gasteiger partial charge in [-0.25, -0.2) is 9.37 Å². The summed E-state index contributed by atoms with van der Waals surface area (Å²) < 4.78 is 15.0. The van der Waals surface area contributed by atoms with Crippen molar-refractivity contribution in [2.24, 2.45) is 0 Å². The standard InChI is InChI=1S/C23H20FN3O/c24-19-11-8-17(9-12-19)10-13-23(28)26-20-5-3-4-18(14-20)15-27-16-25-21-6-1-2-7-22(21)27/h1-9,11-12,14,16H,10,13,15H2,(H,26,28). The summed E-state index contributed by atoms with van der Waals surface area (Å²) in [5.74, 6) is -0.328. The molecule has 0 radical (unpaired) electrons. The molecule has 0 spiro atoms. The van der Waals surface area contributed by atoms with E-state index in [2.05, 4.69) is 14.9 Å². The van der Waals surface area contributed by atoms with Crippen LogP contribution in [0.15, 0.2) is 79.1 Å². The number of hydrogen-bond donors (Lipinski definition) is 1. The van der Waals surface area contributed by atoms with E-state index in [0.29, 0.717) is 19.4 Å². The van der Waals surface area contributed by atoms with Crippen LogP contribution in [0.2, 0.25) is 0 Å². The van der Waals surface area contributed by atoms with E-state index in [1.54, 1.807) is 12.1 Å². The molecule has 4 aromatic rings. The van der Waals surface area contributed by atoms with Gasteiger partial charge in [-0.15, -0.1) is 0 Å². The predicted octanol–water partition coefficient (Wildman–Crippen LogP) is 4.80. The first kappa shape index (κ1) is 17.9. The Morgan fingerprint density at radius 1 is 0.964 bits per heavy atom. The molecular weight excluding hydrogens is 353 g/mol. The number of carbonyl (C=O) groups excluding carboxylic acids is 1. The quantitative estimate of drug-likeness (QED) is 0.528. The van der Waals surface area contributed by atoms with Crippen LogP contribution in [0.1, 0.15) is 17.5 Å². The van der Waals surface area contributed by atoms with Crippen LogP contribution in [0.4, 0.5) is 10.1 Å². The lowest BCUT2D eigenvalue weighted by atomic mass is 10.1. The molecule has 4 rings (SSSR count). The van der Waals surface area contributed by atoms with Crippen molar-refractivity contribution in [1.82, 2.24) is 9.55 Å². The molecule has 0 aliphatic carbocycles. The van der Waals surface area contributed by atoms with Crippen molar-refractivity contribution in [3.05, 3.63) is 96.1 Å². The number of halogens is 1. The van der Waals surface area contributed by atoms with Gasteiger partial charge in [0.25, 0.3) is 0 Å². The molecule has 0 aliphatic rings. The van der Waals surface area contributed by atoms with Crippen molar-refractivity contribution in [3.63, 3.8) is 0 Å². The highest BCUT2D eigenvalue weighted by atomic mass is 19.1. The highest BCUT2D eigenvalue weighted by Crippen LogP contribution is 2.17. The number of para-hydroxylation sites is 2. The Hall–Kier alpha value is -3.47. The summed E-state index contributed by atoms with van der Waals surface area (Å²) in [5, 5.41) is 2.94. The average Bonchev–Trinajstić information content (AvgIpc) is 3.11. The van der Waals surface area contributed by atoms with Gasteiger partial charge < -0.3 is 9.88 Å². The Morgan fingerprint density at radius 3 is 2.64 bits per heavy atom. The van der Waals surface area contributed by atoms with Crippen molar-refractivity contribution < 1.29 is 9.18 Å². The number of carbonyl (C=O) groups is 1. The van der Waals surface area contributed by atoms with Gasteiger partial charge in [0.1, 0.15) is 5.82 Å². The Kier molecular flexibility index (Phi) is 5.15. The van der Waals surface area contributed by atoms with E-state index in [-0.39, 0.29) is 11.7 Å². The van der Waals surface area contributed by atoms with Crippen molar-refractivity contribution >= 4 is 22.6 Å². The molecule has 4 nitrogen and oxygen atoms in total. The minimum atomic E-state index is -0.268. The zero-order valence-corrected chi connectivity index (χ0v) is 15.3. The third-order valence-electron chi connectivity index (χ3n) is 4.65. The molecule has 0 aliphatic heterocycles. The summed E-state index contributed by atoms with van der Waals surface area (Å²) in [4.78, 5) is 16.7. The van der Waals surface area contributed by atoms with E-state index in [4.69, 9.17) is 0 Å². The summed E-state index contributed by atoms with van der Waals surface area (Å²) in [6.45, 7) is 0.680. The molecule has 28 heavy (non-hydrogen) atoms. The number of benzene rings is 3. The van der Waals surface area contributed by atoms with Gasteiger partial charge in [0.2, 0.25) is 5.91 Å². The Morgan fingerprint density at radius 2 is 1.79 bits per heavy atom. The molecule has 0 atom stereocenters. The van der Waals surface area contributed by atoms with Crippen LogP contribution in [0, 0.1) is 5.82 Å². The number of hydrogen-bond acceptors (Lipinski definition) is 2. The number of anilines is 1. The molecule has 1 aromatic heterocycles. The number of aromatic nitrogens is 2. The maximum absolute atomic E-state index is 12.9. The van der Waals surface area contributed by atoms with Gasteiger partial charge in [0.05, 0.1) is 17.4 Å². The molecule has 5 heteroatoms. The molecule has 0 saturated carbocycles. The molecule has 0 saturated heterocycles. The largest absolute Gasteiger partial charge is 0.326 e. The predicted molar refractivity (Wildman–Crippen MR) is 109 cm³/mol. The van der Waals surface area contributed by atoms with E-state index >= 15 is 0 Å². The minimum absolute atomic E-state index is 0.0606. The first-order valence-electron chi connectivity index (χ1n) is 9.20. The van der Waals surface area contributed by atoms with Crippen LogP contribution in [0.25, 0.3) is 11.0 Å². The fourth-order valence-electron chi connectivity index (χ4n) is 3.21. The third-order valence-corrected chi connectivity index (χ3v) is 4.65. The first-order valence-corrected chi connectivity index (χ1v) is 9.20.